The minimum atomic E-state index is -0.521. The van der Waals surface area contributed by atoms with Crippen molar-refractivity contribution in [2.24, 2.45) is 5.41 Å². The molecule has 7 heteroatoms. The largest absolute Gasteiger partial charge is 0.466 e. The van der Waals surface area contributed by atoms with Crippen LogP contribution < -0.4 is 0 Å². The van der Waals surface area contributed by atoms with Crippen LogP contribution in [0.25, 0.3) is 0 Å². The van der Waals surface area contributed by atoms with Crippen molar-refractivity contribution in [3.63, 3.8) is 0 Å². The van der Waals surface area contributed by atoms with Gasteiger partial charge in [0.2, 0.25) is 5.91 Å². The molecule has 2 amide bonds. The Kier molecular flexibility index (Phi) is 8.19. The summed E-state index contributed by atoms with van der Waals surface area (Å²) in [6.45, 7) is 11.3. The van der Waals surface area contributed by atoms with Crippen molar-refractivity contribution >= 4 is 18.0 Å². The molecule has 0 saturated carbocycles. The zero-order valence-electron chi connectivity index (χ0n) is 16.2. The second kappa shape index (κ2) is 9.63. The second-order valence-corrected chi connectivity index (χ2v) is 7.22. The maximum Gasteiger partial charge on any atom is 0.409 e. The fourth-order valence-electron chi connectivity index (χ4n) is 2.90. The summed E-state index contributed by atoms with van der Waals surface area (Å²) in [5.41, 5.74) is -0.521. The number of carbonyl (C=O) groups is 3. The number of rotatable bonds is 6. The van der Waals surface area contributed by atoms with Gasteiger partial charge in [0.1, 0.15) is 0 Å². The average molecular weight is 356 g/mol. The number of hydrogen-bond acceptors (Lipinski definition) is 5. The monoisotopic (exact) mass is 356 g/mol. The molecule has 25 heavy (non-hydrogen) atoms. The van der Waals surface area contributed by atoms with E-state index in [0.717, 1.165) is 0 Å². The van der Waals surface area contributed by atoms with E-state index >= 15 is 0 Å². The summed E-state index contributed by atoms with van der Waals surface area (Å²) in [6, 6.07) is 0.0202. The quantitative estimate of drug-likeness (QED) is 0.683. The van der Waals surface area contributed by atoms with Gasteiger partial charge in [0, 0.05) is 31.1 Å². The summed E-state index contributed by atoms with van der Waals surface area (Å²) in [4.78, 5) is 39.8. The summed E-state index contributed by atoms with van der Waals surface area (Å²) >= 11 is 0. The Morgan fingerprint density at radius 2 is 1.60 bits per heavy atom. The van der Waals surface area contributed by atoms with Crippen molar-refractivity contribution in [2.75, 3.05) is 32.8 Å². The van der Waals surface area contributed by atoms with Gasteiger partial charge >= 0.3 is 12.1 Å². The van der Waals surface area contributed by atoms with Gasteiger partial charge in [-0.15, -0.1) is 0 Å². The number of ether oxygens (including phenoxy) is 2. The summed E-state index contributed by atoms with van der Waals surface area (Å²) < 4.78 is 10.0. The molecule has 0 bridgehead atoms. The van der Waals surface area contributed by atoms with Crippen molar-refractivity contribution in [2.45, 2.75) is 59.9 Å². The van der Waals surface area contributed by atoms with E-state index in [1.54, 1.807) is 23.6 Å². The van der Waals surface area contributed by atoms with Crippen LogP contribution in [0.1, 0.15) is 53.9 Å². The molecule has 0 aromatic rings. The maximum atomic E-state index is 12.8. The van der Waals surface area contributed by atoms with Gasteiger partial charge in [-0.05, 0) is 26.7 Å². The van der Waals surface area contributed by atoms with Gasteiger partial charge in [-0.3, -0.25) is 9.59 Å². The standard InChI is InChI=1S/C18H32N2O5/c1-6-24-15(21)10-13-20(16(22)18(3,4)5)14-8-11-19(12-9-14)17(23)25-7-2/h14H,6-13H2,1-5H3. The highest BCUT2D eigenvalue weighted by Gasteiger charge is 2.35. The van der Waals surface area contributed by atoms with Crippen molar-refractivity contribution < 1.29 is 23.9 Å². The van der Waals surface area contributed by atoms with E-state index in [1.807, 2.05) is 20.8 Å². The molecule has 1 heterocycles. The molecule has 1 fully saturated rings. The summed E-state index contributed by atoms with van der Waals surface area (Å²) in [7, 11) is 0. The highest BCUT2D eigenvalue weighted by molar-refractivity contribution is 5.82. The van der Waals surface area contributed by atoms with Gasteiger partial charge in [-0.2, -0.15) is 0 Å². The Morgan fingerprint density at radius 3 is 2.08 bits per heavy atom. The number of amides is 2. The molecular formula is C18H32N2O5. The van der Waals surface area contributed by atoms with Crippen LogP contribution in [-0.2, 0) is 19.1 Å². The first-order chi connectivity index (χ1) is 11.7. The first-order valence-electron chi connectivity index (χ1n) is 9.09. The predicted octanol–water partition coefficient (Wildman–Crippen LogP) is 2.44. The van der Waals surface area contributed by atoms with Crippen molar-refractivity contribution in [3.05, 3.63) is 0 Å². The third-order valence-corrected chi connectivity index (χ3v) is 4.20. The molecule has 0 aromatic carbocycles. The number of likely N-dealkylation sites (tertiary alicyclic amines) is 1. The van der Waals surface area contributed by atoms with Gasteiger partial charge in [0.25, 0.3) is 0 Å². The van der Waals surface area contributed by atoms with E-state index in [9.17, 15) is 14.4 Å². The van der Waals surface area contributed by atoms with Gasteiger partial charge in [0.15, 0.2) is 0 Å². The number of hydrogen-bond donors (Lipinski definition) is 0. The van der Waals surface area contributed by atoms with Crippen molar-refractivity contribution in [1.29, 1.82) is 0 Å². The van der Waals surface area contributed by atoms with Crippen LogP contribution in [0.4, 0.5) is 4.79 Å². The Hall–Kier alpha value is -1.79. The van der Waals surface area contributed by atoms with E-state index < -0.39 is 5.41 Å². The minimum Gasteiger partial charge on any atom is -0.466 e. The number of piperidine rings is 1. The van der Waals surface area contributed by atoms with Crippen LogP contribution in [0.15, 0.2) is 0 Å². The van der Waals surface area contributed by atoms with Crippen LogP contribution in [0.2, 0.25) is 0 Å². The van der Waals surface area contributed by atoms with E-state index in [-0.39, 0.29) is 30.4 Å². The first kappa shape index (κ1) is 21.3. The molecule has 0 aromatic heterocycles. The highest BCUT2D eigenvalue weighted by atomic mass is 16.6. The zero-order valence-corrected chi connectivity index (χ0v) is 16.2. The third-order valence-electron chi connectivity index (χ3n) is 4.20. The van der Waals surface area contributed by atoms with Gasteiger partial charge in [-0.1, -0.05) is 20.8 Å². The van der Waals surface area contributed by atoms with E-state index in [2.05, 4.69) is 0 Å². The Balaban J connectivity index is 2.72. The van der Waals surface area contributed by atoms with E-state index in [4.69, 9.17) is 9.47 Å². The molecule has 7 nitrogen and oxygen atoms in total. The molecule has 1 aliphatic heterocycles. The van der Waals surface area contributed by atoms with E-state index in [0.29, 0.717) is 45.7 Å². The van der Waals surface area contributed by atoms with Crippen LogP contribution in [0.5, 0.6) is 0 Å². The molecule has 1 aliphatic rings. The smallest absolute Gasteiger partial charge is 0.409 e. The number of nitrogens with zero attached hydrogens (tertiary/aromatic N) is 2. The SMILES string of the molecule is CCOC(=O)CCN(C(=O)C(C)(C)C)C1CCN(C(=O)OCC)CC1. The Bertz CT molecular complexity index is 465. The predicted molar refractivity (Wildman–Crippen MR) is 94.0 cm³/mol. The van der Waals surface area contributed by atoms with Crippen molar-refractivity contribution in [3.8, 4) is 0 Å². The van der Waals surface area contributed by atoms with Gasteiger partial charge < -0.3 is 19.3 Å². The molecule has 0 atom stereocenters. The molecule has 0 N–H and O–H groups in total. The van der Waals surface area contributed by atoms with Gasteiger partial charge in [0.05, 0.1) is 19.6 Å². The summed E-state index contributed by atoms with van der Waals surface area (Å²) in [5.74, 6) is -0.274. The molecule has 0 spiro atoms. The lowest BCUT2D eigenvalue weighted by molar-refractivity contribution is -0.147. The molecule has 0 unspecified atom stereocenters. The van der Waals surface area contributed by atoms with Crippen LogP contribution in [0, 0.1) is 5.41 Å². The molecule has 0 aliphatic carbocycles. The first-order valence-corrected chi connectivity index (χ1v) is 9.09. The lowest BCUT2D eigenvalue weighted by atomic mass is 9.92. The topological polar surface area (TPSA) is 76.2 Å². The second-order valence-electron chi connectivity index (χ2n) is 7.22. The third kappa shape index (κ3) is 6.55. The molecule has 0 radical (unpaired) electrons. The zero-order chi connectivity index (χ0) is 19.0. The van der Waals surface area contributed by atoms with Gasteiger partial charge in [-0.25, -0.2) is 4.79 Å². The van der Waals surface area contributed by atoms with Crippen molar-refractivity contribution in [1.82, 2.24) is 9.80 Å². The Labute approximate surface area is 150 Å². The summed E-state index contributed by atoms with van der Waals surface area (Å²) in [5, 5.41) is 0. The lowest BCUT2D eigenvalue weighted by Crippen LogP contribution is -2.52. The molecule has 1 saturated heterocycles. The number of esters is 1. The Morgan fingerprint density at radius 1 is 1.04 bits per heavy atom. The molecular weight excluding hydrogens is 324 g/mol. The fraction of sp³-hybridized carbons (Fsp3) is 0.833. The van der Waals surface area contributed by atoms with E-state index in [1.165, 1.54) is 0 Å². The summed E-state index contributed by atoms with van der Waals surface area (Å²) in [6.07, 6.45) is 1.25. The van der Waals surface area contributed by atoms with Crippen LogP contribution >= 0.6 is 0 Å². The van der Waals surface area contributed by atoms with Crippen LogP contribution in [-0.4, -0.2) is 66.7 Å². The average Bonchev–Trinajstić information content (AvgIpc) is 2.55. The number of carbonyl (C=O) groups excluding carboxylic acids is 3. The normalized spacial score (nSPS) is 15.6. The molecule has 144 valence electrons. The molecule has 1 rings (SSSR count). The maximum absolute atomic E-state index is 12.8. The highest BCUT2D eigenvalue weighted by Crippen LogP contribution is 2.24. The fourth-order valence-corrected chi connectivity index (χ4v) is 2.90. The van der Waals surface area contributed by atoms with Crippen LogP contribution in [0.3, 0.4) is 0 Å². The minimum absolute atomic E-state index is 0.0198. The lowest BCUT2D eigenvalue weighted by Gasteiger charge is -2.40.